The highest BCUT2D eigenvalue weighted by molar-refractivity contribution is 14.0. The predicted molar refractivity (Wildman–Crippen MR) is 83.0 cm³/mol. The summed E-state index contributed by atoms with van der Waals surface area (Å²) in [6, 6.07) is 0. The van der Waals surface area contributed by atoms with Gasteiger partial charge in [0.15, 0.2) is 5.96 Å². The fraction of sp³-hybridized carbons (Fsp3) is 0.636. The van der Waals surface area contributed by atoms with Gasteiger partial charge in [-0.2, -0.15) is 0 Å². The molecule has 4 nitrogen and oxygen atoms in total. The Kier molecular flexibility index (Phi) is 6.18. The molecule has 0 saturated carbocycles. The van der Waals surface area contributed by atoms with Crippen LogP contribution in [0.15, 0.2) is 10.5 Å². The van der Waals surface area contributed by atoms with Gasteiger partial charge < -0.3 is 10.6 Å². The van der Waals surface area contributed by atoms with Crippen molar-refractivity contribution in [3.63, 3.8) is 0 Å². The number of thiazole rings is 1. The summed E-state index contributed by atoms with van der Waals surface area (Å²) in [5.74, 6) is 0.688. The maximum atomic E-state index is 5.98. The Balaban J connectivity index is 0.00000144. The smallest absolute Gasteiger partial charge is 0.191 e. The third-order valence-corrected chi connectivity index (χ3v) is 3.83. The Bertz CT molecular complexity index is 371. The van der Waals surface area contributed by atoms with Gasteiger partial charge >= 0.3 is 0 Å². The number of aryl methyl sites for hydroxylation is 1. The number of aliphatic imine (C=N–C) groups is 1. The van der Waals surface area contributed by atoms with Gasteiger partial charge in [0.25, 0.3) is 0 Å². The fourth-order valence-corrected chi connectivity index (χ4v) is 2.55. The topological polar surface area (TPSA) is 54.5 Å². The first-order valence-electron chi connectivity index (χ1n) is 5.71. The molecule has 1 saturated heterocycles. The Morgan fingerprint density at radius 2 is 2.18 bits per heavy atom. The van der Waals surface area contributed by atoms with Crippen LogP contribution in [0.25, 0.3) is 0 Å². The van der Waals surface area contributed by atoms with Gasteiger partial charge in [-0.1, -0.05) is 0 Å². The second-order valence-corrected chi connectivity index (χ2v) is 5.02. The normalized spacial score (nSPS) is 16.8. The number of nitrogens with two attached hydrogens (primary N) is 1. The summed E-state index contributed by atoms with van der Waals surface area (Å²) in [5, 5.41) is 0. The summed E-state index contributed by atoms with van der Waals surface area (Å²) in [6.45, 7) is 4.78. The molecule has 0 radical (unpaired) electrons. The van der Waals surface area contributed by atoms with E-state index in [1.807, 2.05) is 12.4 Å². The molecule has 2 heterocycles. The van der Waals surface area contributed by atoms with Crippen LogP contribution in [0.1, 0.15) is 29.8 Å². The molecule has 2 N–H and O–H groups in total. The molecule has 0 amide bonds. The zero-order chi connectivity index (χ0) is 11.4. The third kappa shape index (κ3) is 4.09. The van der Waals surface area contributed by atoms with E-state index in [2.05, 4.69) is 14.9 Å². The number of hydrogen-bond donors (Lipinski definition) is 1. The monoisotopic (exact) mass is 366 g/mol. The summed E-state index contributed by atoms with van der Waals surface area (Å²) in [6.07, 6.45) is 3.78. The van der Waals surface area contributed by atoms with Crippen molar-refractivity contribution in [2.75, 3.05) is 13.1 Å². The first-order chi connectivity index (χ1) is 7.77. The van der Waals surface area contributed by atoms with Gasteiger partial charge in [-0.25, -0.2) is 9.98 Å². The molecule has 17 heavy (non-hydrogen) atoms. The zero-order valence-corrected chi connectivity index (χ0v) is 13.2. The third-order valence-electron chi connectivity index (χ3n) is 2.91. The molecule has 1 aliphatic heterocycles. The van der Waals surface area contributed by atoms with E-state index in [9.17, 15) is 0 Å². The standard InChI is InChI=1S/C11H18N4S.HI/c1-9-10(16-8-14-9)7-13-11(12)15-5-3-2-4-6-15;/h8H,2-7H2,1H3,(H2,12,13);1H. The van der Waals surface area contributed by atoms with Gasteiger partial charge in [0, 0.05) is 18.0 Å². The van der Waals surface area contributed by atoms with Crippen LogP contribution in [0.4, 0.5) is 0 Å². The first kappa shape index (κ1) is 14.7. The number of rotatable bonds is 2. The molecule has 6 heteroatoms. The van der Waals surface area contributed by atoms with E-state index in [0.29, 0.717) is 12.5 Å². The van der Waals surface area contributed by atoms with Crippen LogP contribution in [0, 0.1) is 6.92 Å². The summed E-state index contributed by atoms with van der Waals surface area (Å²) in [7, 11) is 0. The second kappa shape index (κ2) is 7.15. The van der Waals surface area contributed by atoms with Crippen molar-refractivity contribution in [3.8, 4) is 0 Å². The van der Waals surface area contributed by atoms with Crippen LogP contribution in [-0.4, -0.2) is 28.9 Å². The molecule has 1 fully saturated rings. The summed E-state index contributed by atoms with van der Waals surface area (Å²) in [4.78, 5) is 12.0. The summed E-state index contributed by atoms with van der Waals surface area (Å²) < 4.78 is 0. The summed E-state index contributed by atoms with van der Waals surface area (Å²) in [5.41, 5.74) is 8.90. The second-order valence-electron chi connectivity index (χ2n) is 4.08. The van der Waals surface area contributed by atoms with E-state index in [1.165, 1.54) is 24.1 Å². The number of nitrogens with zero attached hydrogens (tertiary/aromatic N) is 3. The van der Waals surface area contributed by atoms with Gasteiger partial charge in [0.2, 0.25) is 0 Å². The number of hydrogen-bond acceptors (Lipinski definition) is 3. The molecular formula is C11H19IN4S. The minimum atomic E-state index is 0. The van der Waals surface area contributed by atoms with E-state index in [-0.39, 0.29) is 24.0 Å². The lowest BCUT2D eigenvalue weighted by molar-refractivity contribution is 0.338. The zero-order valence-electron chi connectivity index (χ0n) is 10.1. The van der Waals surface area contributed by atoms with E-state index >= 15 is 0 Å². The Morgan fingerprint density at radius 1 is 1.47 bits per heavy atom. The van der Waals surface area contributed by atoms with Crippen LogP contribution in [0.3, 0.4) is 0 Å². The molecule has 0 aliphatic carbocycles. The Hall–Kier alpha value is -0.370. The molecule has 2 rings (SSSR count). The number of aromatic nitrogens is 1. The highest BCUT2D eigenvalue weighted by Crippen LogP contribution is 2.14. The molecule has 96 valence electrons. The van der Waals surface area contributed by atoms with Gasteiger partial charge in [0.05, 0.1) is 17.7 Å². The molecule has 0 unspecified atom stereocenters. The molecule has 1 aromatic rings. The van der Waals surface area contributed by atoms with Gasteiger partial charge in [-0.05, 0) is 26.2 Å². The minimum absolute atomic E-state index is 0. The average molecular weight is 366 g/mol. The molecule has 0 bridgehead atoms. The minimum Gasteiger partial charge on any atom is -0.370 e. The van der Waals surface area contributed by atoms with Crippen molar-refractivity contribution in [3.05, 3.63) is 16.1 Å². The fourth-order valence-electron chi connectivity index (χ4n) is 1.85. The highest BCUT2D eigenvalue weighted by atomic mass is 127. The van der Waals surface area contributed by atoms with Crippen molar-refractivity contribution in [1.29, 1.82) is 0 Å². The number of piperidine rings is 1. The molecule has 1 aromatic heterocycles. The lowest BCUT2D eigenvalue weighted by Gasteiger charge is -2.27. The quantitative estimate of drug-likeness (QED) is 0.497. The van der Waals surface area contributed by atoms with E-state index in [4.69, 9.17) is 5.73 Å². The maximum Gasteiger partial charge on any atom is 0.191 e. The molecule has 1 aliphatic rings. The van der Waals surface area contributed by atoms with Crippen molar-refractivity contribution in [2.45, 2.75) is 32.7 Å². The molecular weight excluding hydrogens is 347 g/mol. The van der Waals surface area contributed by atoms with Gasteiger partial charge in [-0.3, -0.25) is 0 Å². The van der Waals surface area contributed by atoms with Crippen molar-refractivity contribution < 1.29 is 0 Å². The van der Waals surface area contributed by atoms with Crippen molar-refractivity contribution >= 4 is 41.3 Å². The van der Waals surface area contributed by atoms with E-state index in [1.54, 1.807) is 11.3 Å². The van der Waals surface area contributed by atoms with Gasteiger partial charge in [-0.15, -0.1) is 35.3 Å². The van der Waals surface area contributed by atoms with E-state index < -0.39 is 0 Å². The maximum absolute atomic E-state index is 5.98. The van der Waals surface area contributed by atoms with E-state index in [0.717, 1.165) is 18.8 Å². The highest BCUT2D eigenvalue weighted by Gasteiger charge is 2.11. The number of halogens is 1. The van der Waals surface area contributed by atoms with Crippen molar-refractivity contribution in [2.24, 2.45) is 10.7 Å². The lowest BCUT2D eigenvalue weighted by Crippen LogP contribution is -2.40. The SMILES string of the molecule is Cc1ncsc1CN=C(N)N1CCCCC1.I. The largest absolute Gasteiger partial charge is 0.370 e. The lowest BCUT2D eigenvalue weighted by atomic mass is 10.1. The van der Waals surface area contributed by atoms with Gasteiger partial charge in [0.1, 0.15) is 0 Å². The molecule has 0 aromatic carbocycles. The van der Waals surface area contributed by atoms with Crippen LogP contribution >= 0.6 is 35.3 Å². The Labute approximate surface area is 123 Å². The Morgan fingerprint density at radius 3 is 2.76 bits per heavy atom. The van der Waals surface area contributed by atoms with Crippen LogP contribution < -0.4 is 5.73 Å². The predicted octanol–water partition coefficient (Wildman–Crippen LogP) is 2.37. The summed E-state index contributed by atoms with van der Waals surface area (Å²) >= 11 is 1.65. The number of likely N-dealkylation sites (tertiary alicyclic amines) is 1. The number of guanidine groups is 1. The van der Waals surface area contributed by atoms with Crippen LogP contribution in [0.2, 0.25) is 0 Å². The average Bonchev–Trinajstić information content (AvgIpc) is 2.73. The molecule has 0 spiro atoms. The van der Waals surface area contributed by atoms with Crippen molar-refractivity contribution in [1.82, 2.24) is 9.88 Å². The molecule has 0 atom stereocenters. The van der Waals surface area contributed by atoms with Crippen LogP contribution in [0.5, 0.6) is 0 Å². The first-order valence-corrected chi connectivity index (χ1v) is 6.59. The van der Waals surface area contributed by atoms with Crippen LogP contribution in [-0.2, 0) is 6.54 Å².